The summed E-state index contributed by atoms with van der Waals surface area (Å²) in [5, 5.41) is 8.51. The SMILES string of the molecule is COC(=O)C1(C)CN(CC(=O)Nc2ccc(F)cc2)N=C1c1ccc(F)cc1. The Morgan fingerprint density at radius 3 is 2.25 bits per heavy atom. The first-order valence-electron chi connectivity index (χ1n) is 8.55. The predicted molar refractivity (Wildman–Crippen MR) is 99.7 cm³/mol. The number of methoxy groups -OCH3 is 1. The molecule has 0 radical (unpaired) electrons. The molecule has 0 saturated heterocycles. The number of halogens is 2. The molecule has 1 unspecified atom stereocenters. The Labute approximate surface area is 160 Å². The van der Waals surface area contributed by atoms with Crippen LogP contribution in [-0.2, 0) is 14.3 Å². The van der Waals surface area contributed by atoms with Gasteiger partial charge in [0.2, 0.25) is 5.91 Å². The number of carbonyl (C=O) groups is 2. The van der Waals surface area contributed by atoms with E-state index in [2.05, 4.69) is 10.4 Å². The molecule has 2 aromatic rings. The third kappa shape index (κ3) is 4.00. The summed E-state index contributed by atoms with van der Waals surface area (Å²) in [7, 11) is 1.28. The Morgan fingerprint density at radius 2 is 1.68 bits per heavy atom. The largest absolute Gasteiger partial charge is 0.468 e. The maximum Gasteiger partial charge on any atom is 0.319 e. The van der Waals surface area contributed by atoms with Crippen LogP contribution in [0.5, 0.6) is 0 Å². The quantitative estimate of drug-likeness (QED) is 0.801. The van der Waals surface area contributed by atoms with E-state index in [9.17, 15) is 18.4 Å². The van der Waals surface area contributed by atoms with Gasteiger partial charge in [-0.05, 0) is 48.9 Å². The van der Waals surface area contributed by atoms with Crippen molar-refractivity contribution in [3.63, 3.8) is 0 Å². The molecule has 0 spiro atoms. The molecule has 1 aliphatic heterocycles. The summed E-state index contributed by atoms with van der Waals surface area (Å²) in [6.07, 6.45) is 0. The van der Waals surface area contributed by atoms with Gasteiger partial charge in [-0.25, -0.2) is 8.78 Å². The van der Waals surface area contributed by atoms with Crippen LogP contribution in [0.1, 0.15) is 12.5 Å². The van der Waals surface area contributed by atoms with Crippen LogP contribution in [0, 0.1) is 17.0 Å². The number of carbonyl (C=O) groups excluding carboxylic acids is 2. The van der Waals surface area contributed by atoms with Crippen molar-refractivity contribution in [2.75, 3.05) is 25.5 Å². The zero-order valence-corrected chi connectivity index (χ0v) is 15.4. The lowest BCUT2D eigenvalue weighted by Crippen LogP contribution is -2.41. The zero-order valence-electron chi connectivity index (χ0n) is 15.4. The minimum absolute atomic E-state index is 0.116. The summed E-state index contributed by atoms with van der Waals surface area (Å²) < 4.78 is 31.1. The fraction of sp³-hybridized carbons (Fsp3) is 0.250. The smallest absolute Gasteiger partial charge is 0.319 e. The first-order valence-corrected chi connectivity index (χ1v) is 8.55. The molecule has 1 N–H and O–H groups in total. The highest BCUT2D eigenvalue weighted by Crippen LogP contribution is 2.32. The highest BCUT2D eigenvalue weighted by atomic mass is 19.1. The number of hydrogen-bond donors (Lipinski definition) is 1. The fourth-order valence-corrected chi connectivity index (χ4v) is 3.09. The lowest BCUT2D eigenvalue weighted by atomic mass is 9.82. The van der Waals surface area contributed by atoms with E-state index in [1.807, 2.05) is 0 Å². The van der Waals surface area contributed by atoms with E-state index in [-0.39, 0.29) is 19.0 Å². The summed E-state index contributed by atoms with van der Waals surface area (Å²) in [4.78, 5) is 24.7. The Hall–Kier alpha value is -3.29. The molecular formula is C20H19F2N3O3. The number of nitrogens with zero attached hydrogens (tertiary/aromatic N) is 2. The van der Waals surface area contributed by atoms with Crippen molar-refractivity contribution in [1.29, 1.82) is 0 Å². The van der Waals surface area contributed by atoms with Gasteiger partial charge in [-0.1, -0.05) is 12.1 Å². The van der Waals surface area contributed by atoms with E-state index >= 15 is 0 Å². The number of benzene rings is 2. The molecule has 0 bridgehead atoms. The number of esters is 1. The van der Waals surface area contributed by atoms with Gasteiger partial charge in [0.15, 0.2) is 0 Å². The van der Waals surface area contributed by atoms with Crippen LogP contribution in [0.15, 0.2) is 53.6 Å². The number of nitrogens with one attached hydrogen (secondary N) is 1. The molecule has 1 amide bonds. The van der Waals surface area contributed by atoms with Crippen molar-refractivity contribution in [3.05, 3.63) is 65.7 Å². The van der Waals surface area contributed by atoms with Gasteiger partial charge < -0.3 is 10.1 Å². The van der Waals surface area contributed by atoms with E-state index in [0.717, 1.165) is 0 Å². The van der Waals surface area contributed by atoms with Crippen molar-refractivity contribution >= 4 is 23.3 Å². The van der Waals surface area contributed by atoms with Gasteiger partial charge in [0, 0.05) is 5.69 Å². The first-order chi connectivity index (χ1) is 13.3. The molecular weight excluding hydrogens is 368 g/mol. The van der Waals surface area contributed by atoms with Crippen molar-refractivity contribution < 1.29 is 23.1 Å². The van der Waals surface area contributed by atoms with Crippen molar-refractivity contribution in [2.24, 2.45) is 10.5 Å². The van der Waals surface area contributed by atoms with Gasteiger partial charge in [-0.3, -0.25) is 14.6 Å². The Bertz CT molecular complexity index is 913. The predicted octanol–water partition coefficient (Wildman–Crippen LogP) is 2.80. The molecule has 3 rings (SSSR count). The highest BCUT2D eigenvalue weighted by molar-refractivity contribution is 6.16. The Morgan fingerprint density at radius 1 is 1.11 bits per heavy atom. The summed E-state index contributed by atoms with van der Waals surface area (Å²) >= 11 is 0. The number of anilines is 1. The van der Waals surface area contributed by atoms with Crippen LogP contribution < -0.4 is 5.32 Å². The molecule has 1 heterocycles. The average molecular weight is 387 g/mol. The molecule has 6 nitrogen and oxygen atoms in total. The van der Waals surface area contributed by atoms with E-state index in [4.69, 9.17) is 4.74 Å². The van der Waals surface area contributed by atoms with Crippen LogP contribution in [0.3, 0.4) is 0 Å². The third-order valence-corrected chi connectivity index (χ3v) is 4.47. The number of hydrogen-bond acceptors (Lipinski definition) is 5. The van der Waals surface area contributed by atoms with Gasteiger partial charge in [0.05, 0.1) is 19.4 Å². The minimum Gasteiger partial charge on any atom is -0.468 e. The minimum atomic E-state index is -1.11. The standard InChI is InChI=1S/C20H19F2N3O3/c1-20(19(27)28-2)12-25(24-18(20)13-3-5-14(21)6-4-13)11-17(26)23-16-9-7-15(22)8-10-16/h3-10H,11-12H2,1-2H3,(H,23,26). The number of hydrazone groups is 1. The molecule has 8 heteroatoms. The molecule has 0 saturated carbocycles. The fourth-order valence-electron chi connectivity index (χ4n) is 3.09. The maximum atomic E-state index is 13.3. The second-order valence-corrected chi connectivity index (χ2v) is 6.66. The molecule has 0 fully saturated rings. The normalized spacial score (nSPS) is 18.6. The average Bonchev–Trinajstić information content (AvgIpc) is 3.00. The van der Waals surface area contributed by atoms with Crippen molar-refractivity contribution in [1.82, 2.24) is 5.01 Å². The summed E-state index contributed by atoms with van der Waals surface area (Å²) in [6.45, 7) is 1.68. The number of rotatable bonds is 5. The van der Waals surface area contributed by atoms with E-state index in [1.54, 1.807) is 6.92 Å². The monoisotopic (exact) mass is 387 g/mol. The van der Waals surface area contributed by atoms with E-state index in [1.165, 1.54) is 60.6 Å². The molecule has 146 valence electrons. The summed E-state index contributed by atoms with van der Waals surface area (Å²) in [5.41, 5.74) is 0.302. The second kappa shape index (κ2) is 7.75. The number of ether oxygens (including phenoxy) is 1. The molecule has 0 aromatic heterocycles. The molecule has 2 aromatic carbocycles. The van der Waals surface area contributed by atoms with Crippen LogP contribution in [0.4, 0.5) is 14.5 Å². The van der Waals surface area contributed by atoms with Crippen LogP contribution in [-0.4, -0.2) is 42.8 Å². The van der Waals surface area contributed by atoms with E-state index in [0.29, 0.717) is 17.0 Å². The van der Waals surface area contributed by atoms with Gasteiger partial charge in [0.1, 0.15) is 23.6 Å². The molecule has 1 atom stereocenters. The van der Waals surface area contributed by atoms with Crippen molar-refractivity contribution in [3.8, 4) is 0 Å². The second-order valence-electron chi connectivity index (χ2n) is 6.66. The maximum absolute atomic E-state index is 13.3. The molecule has 1 aliphatic rings. The topological polar surface area (TPSA) is 71.0 Å². The van der Waals surface area contributed by atoms with Crippen molar-refractivity contribution in [2.45, 2.75) is 6.92 Å². The van der Waals surface area contributed by atoms with Gasteiger partial charge in [-0.15, -0.1) is 0 Å². The number of amides is 1. The van der Waals surface area contributed by atoms with Crippen LogP contribution in [0.2, 0.25) is 0 Å². The van der Waals surface area contributed by atoms with Crippen LogP contribution >= 0.6 is 0 Å². The van der Waals surface area contributed by atoms with E-state index < -0.39 is 23.0 Å². The van der Waals surface area contributed by atoms with Crippen LogP contribution in [0.25, 0.3) is 0 Å². The summed E-state index contributed by atoms with van der Waals surface area (Å²) in [5.74, 6) is -1.68. The molecule has 28 heavy (non-hydrogen) atoms. The lowest BCUT2D eigenvalue weighted by molar-refractivity contribution is -0.148. The van der Waals surface area contributed by atoms with Gasteiger partial charge >= 0.3 is 5.97 Å². The first kappa shape index (κ1) is 19.5. The Kier molecular flexibility index (Phi) is 5.39. The zero-order chi connectivity index (χ0) is 20.3. The van der Waals surface area contributed by atoms with Gasteiger partial charge in [-0.2, -0.15) is 5.10 Å². The van der Waals surface area contributed by atoms with Gasteiger partial charge in [0.25, 0.3) is 0 Å². The Balaban J connectivity index is 1.79. The third-order valence-electron chi connectivity index (χ3n) is 4.47. The highest BCUT2D eigenvalue weighted by Gasteiger charge is 2.47. The lowest BCUT2D eigenvalue weighted by Gasteiger charge is -2.23. The molecule has 0 aliphatic carbocycles. The summed E-state index contributed by atoms with van der Waals surface area (Å²) in [6, 6.07) is 11.0.